The molecule has 45 heavy (non-hydrogen) atoms. The minimum atomic E-state index is -1.62. The van der Waals surface area contributed by atoms with Crippen LogP contribution in [0, 0.1) is 5.92 Å². The molecule has 0 spiro atoms. The van der Waals surface area contributed by atoms with Crippen molar-refractivity contribution in [2.45, 2.75) is 63.7 Å². The second-order valence-electron chi connectivity index (χ2n) is 11.0. The van der Waals surface area contributed by atoms with Crippen LogP contribution in [0.2, 0.25) is 0 Å². The summed E-state index contributed by atoms with van der Waals surface area (Å²) in [6.07, 6.45) is -8.06. The maximum Gasteiger partial charge on any atom is 0.410 e. The number of aliphatic hydroxyl groups excluding tert-OH is 4. The third kappa shape index (κ3) is 7.48. The van der Waals surface area contributed by atoms with Gasteiger partial charge in [-0.1, -0.05) is 43.2 Å². The number of para-hydroxylation sites is 1. The fourth-order valence-corrected chi connectivity index (χ4v) is 6.21. The molecule has 0 aliphatic carbocycles. The van der Waals surface area contributed by atoms with E-state index in [1.165, 1.54) is 28.2 Å². The first-order chi connectivity index (χ1) is 21.5. The lowest BCUT2D eigenvalue weighted by Crippen LogP contribution is -2.60. The Morgan fingerprint density at radius 3 is 2.44 bits per heavy atom. The largest absolute Gasteiger partial charge is 0.461 e. The van der Waals surface area contributed by atoms with E-state index in [1.54, 1.807) is 37.4 Å². The van der Waals surface area contributed by atoms with Crippen LogP contribution in [0.25, 0.3) is 20.5 Å². The van der Waals surface area contributed by atoms with Crippen molar-refractivity contribution in [3.8, 4) is 5.75 Å². The number of hydrogen-bond acceptors (Lipinski definition) is 11. The summed E-state index contributed by atoms with van der Waals surface area (Å²) < 4.78 is 17.7. The number of ether oxygens (including phenoxy) is 3. The van der Waals surface area contributed by atoms with Crippen LogP contribution >= 0.6 is 11.3 Å². The molecule has 0 unspecified atom stereocenters. The van der Waals surface area contributed by atoms with Gasteiger partial charge in [0, 0.05) is 45.2 Å². The van der Waals surface area contributed by atoms with Crippen molar-refractivity contribution in [1.29, 1.82) is 0 Å². The van der Waals surface area contributed by atoms with Crippen LogP contribution in [0.1, 0.15) is 24.3 Å². The van der Waals surface area contributed by atoms with Crippen LogP contribution in [0.5, 0.6) is 5.75 Å². The van der Waals surface area contributed by atoms with Crippen molar-refractivity contribution < 1.29 is 44.2 Å². The Bertz CT molecular complexity index is 1530. The summed E-state index contributed by atoms with van der Waals surface area (Å²) in [5.74, 6) is -0.250. The first-order valence-electron chi connectivity index (χ1n) is 14.2. The average Bonchev–Trinajstić information content (AvgIpc) is 3.48. The molecule has 15 heteroatoms. The molecule has 1 saturated heterocycles. The average molecular weight is 644 g/mol. The van der Waals surface area contributed by atoms with E-state index in [4.69, 9.17) is 19.7 Å². The quantitative estimate of drug-likeness (QED) is 0.138. The molecule has 1 aromatic heterocycles. The summed E-state index contributed by atoms with van der Waals surface area (Å²) in [4.78, 5) is 32.9. The van der Waals surface area contributed by atoms with E-state index in [9.17, 15) is 30.0 Å². The monoisotopic (exact) mass is 643 g/mol. The molecule has 1 aliphatic heterocycles. The third-order valence-corrected chi connectivity index (χ3v) is 8.77. The van der Waals surface area contributed by atoms with E-state index >= 15 is 0 Å². The molecule has 6 atom stereocenters. The van der Waals surface area contributed by atoms with Crippen LogP contribution in [-0.2, 0) is 27.4 Å². The number of hydrogen-bond donors (Lipinski definition) is 4. The summed E-state index contributed by atoms with van der Waals surface area (Å²) in [5.41, 5.74) is 10.1. The number of amides is 2. The van der Waals surface area contributed by atoms with Crippen molar-refractivity contribution in [3.05, 3.63) is 69.4 Å². The number of fused-ring (bicyclic) bond motifs is 1. The maximum absolute atomic E-state index is 13.4. The summed E-state index contributed by atoms with van der Waals surface area (Å²) >= 11 is 1.28. The number of nitrogens with zero attached hydrogens (tertiary/aromatic N) is 5. The van der Waals surface area contributed by atoms with Gasteiger partial charge in [0.1, 0.15) is 42.8 Å². The van der Waals surface area contributed by atoms with Gasteiger partial charge in [-0.05, 0) is 35.7 Å². The highest BCUT2D eigenvalue weighted by Crippen LogP contribution is 2.38. The minimum Gasteiger partial charge on any atom is -0.461 e. The third-order valence-electron chi connectivity index (χ3n) is 7.57. The lowest BCUT2D eigenvalue weighted by atomic mass is 9.99. The molecule has 0 radical (unpaired) electrons. The van der Waals surface area contributed by atoms with Crippen LogP contribution in [0.3, 0.4) is 0 Å². The molecule has 2 aromatic carbocycles. The number of likely N-dealkylation sites (N-methyl/N-ethyl adjacent to an activating group) is 2. The van der Waals surface area contributed by atoms with Gasteiger partial charge >= 0.3 is 6.09 Å². The van der Waals surface area contributed by atoms with Crippen LogP contribution < -0.4 is 9.64 Å². The highest BCUT2D eigenvalue weighted by atomic mass is 32.1. The highest BCUT2D eigenvalue weighted by Gasteiger charge is 2.45. The molecule has 1 aliphatic rings. The number of thiophene rings is 1. The first kappa shape index (κ1) is 33.9. The molecular weight excluding hydrogens is 606 g/mol. The molecule has 2 heterocycles. The molecule has 0 saturated carbocycles. The Hall–Kier alpha value is -3.95. The Morgan fingerprint density at radius 2 is 1.80 bits per heavy atom. The SMILES string of the molecule is CC(C)[C@@H](C(=O)N(C)c1ccccc1)N(C)C(=O)OCc1ccc(O[C@@H]2O[C@H](CO)[C@H](O)[C@H](O)[C@H]2O)c2cc(CN=[N+]=[N-])sc12. The van der Waals surface area contributed by atoms with Crippen LogP contribution in [-0.4, -0.2) is 94.8 Å². The lowest BCUT2D eigenvalue weighted by Gasteiger charge is -2.39. The van der Waals surface area contributed by atoms with Gasteiger partial charge in [0.2, 0.25) is 12.2 Å². The normalized spacial score (nSPS) is 22.0. The van der Waals surface area contributed by atoms with Crippen molar-refractivity contribution in [2.75, 3.05) is 25.6 Å². The maximum atomic E-state index is 13.4. The molecule has 0 bridgehead atoms. The van der Waals surface area contributed by atoms with Crippen molar-refractivity contribution >= 4 is 39.1 Å². The first-order valence-corrected chi connectivity index (χ1v) is 15.0. The molecular formula is C30H37N5O9S. The second-order valence-corrected chi connectivity index (χ2v) is 12.1. The predicted molar refractivity (Wildman–Crippen MR) is 165 cm³/mol. The van der Waals surface area contributed by atoms with E-state index < -0.39 is 49.4 Å². The Morgan fingerprint density at radius 1 is 1.09 bits per heavy atom. The van der Waals surface area contributed by atoms with Gasteiger partial charge in [-0.15, -0.1) is 11.3 Å². The number of rotatable bonds is 11. The fourth-order valence-electron chi connectivity index (χ4n) is 5.12. The summed E-state index contributed by atoms with van der Waals surface area (Å²) in [5, 5.41) is 44.4. The number of carbonyl (C=O) groups is 2. The molecule has 242 valence electrons. The minimum absolute atomic E-state index is 0.0460. The van der Waals surface area contributed by atoms with Gasteiger partial charge in [-0.25, -0.2) is 4.79 Å². The van der Waals surface area contributed by atoms with E-state index in [0.717, 1.165) is 0 Å². The number of benzene rings is 2. The molecule has 2 amide bonds. The summed E-state index contributed by atoms with van der Waals surface area (Å²) in [7, 11) is 3.17. The van der Waals surface area contributed by atoms with Crippen molar-refractivity contribution in [3.63, 3.8) is 0 Å². The van der Waals surface area contributed by atoms with Crippen LogP contribution in [0.15, 0.2) is 53.6 Å². The zero-order valence-electron chi connectivity index (χ0n) is 25.3. The Labute approximate surface area is 263 Å². The number of aliphatic hydroxyl groups is 4. The molecule has 4 N–H and O–H groups in total. The molecule has 1 fully saturated rings. The fraction of sp³-hybridized carbons (Fsp3) is 0.467. The van der Waals surface area contributed by atoms with Crippen molar-refractivity contribution in [2.24, 2.45) is 11.0 Å². The number of carbonyl (C=O) groups excluding carboxylic acids is 2. The zero-order valence-corrected chi connectivity index (χ0v) is 26.1. The van der Waals surface area contributed by atoms with Gasteiger partial charge in [-0.2, -0.15) is 0 Å². The summed E-state index contributed by atoms with van der Waals surface area (Å²) in [6.45, 7) is 2.97. The number of azide groups is 1. The molecule has 14 nitrogen and oxygen atoms in total. The van der Waals surface area contributed by atoms with Gasteiger partial charge < -0.3 is 39.5 Å². The zero-order chi connectivity index (χ0) is 32.8. The van der Waals surface area contributed by atoms with Crippen molar-refractivity contribution in [1.82, 2.24) is 4.90 Å². The Balaban J connectivity index is 1.55. The van der Waals surface area contributed by atoms with E-state index in [1.807, 2.05) is 32.0 Å². The van der Waals surface area contributed by atoms with Crippen LogP contribution in [0.4, 0.5) is 10.5 Å². The highest BCUT2D eigenvalue weighted by molar-refractivity contribution is 7.19. The van der Waals surface area contributed by atoms with Gasteiger partial charge in [0.25, 0.3) is 0 Å². The predicted octanol–water partition coefficient (Wildman–Crippen LogP) is 3.15. The molecule has 4 rings (SSSR count). The van der Waals surface area contributed by atoms with E-state index in [2.05, 4.69) is 10.0 Å². The topological polar surface area (TPSA) is 198 Å². The second kappa shape index (κ2) is 14.9. The molecule has 3 aromatic rings. The van der Waals surface area contributed by atoms with E-state index in [-0.39, 0.29) is 30.7 Å². The lowest BCUT2D eigenvalue weighted by molar-refractivity contribution is -0.277. The van der Waals surface area contributed by atoms with E-state index in [0.29, 0.717) is 26.2 Å². The summed E-state index contributed by atoms with van der Waals surface area (Å²) in [6, 6.07) is 13.3. The smallest absolute Gasteiger partial charge is 0.410 e. The van der Waals surface area contributed by atoms with Gasteiger partial charge in [0.05, 0.1) is 13.2 Å². The number of anilines is 1. The Kier molecular flexibility index (Phi) is 11.2. The van der Waals surface area contributed by atoms with Gasteiger partial charge in [-0.3, -0.25) is 9.69 Å². The van der Waals surface area contributed by atoms with Gasteiger partial charge in [0.15, 0.2) is 0 Å². The standard InChI is InChI=1S/C30H37N5O9S/c1-16(2)23(28(40)34(3)18-8-6-5-7-9-18)35(4)30(41)42-15-17-10-11-21(20-12-19(13-32-33-31)45-27(17)20)43-29-26(39)25(38)24(37)22(14-36)44-29/h5-12,16,22-26,29,36-39H,13-15H2,1-4H3/t22-,23+,24+,25+,26-,29-/m1/s1.